The first kappa shape index (κ1) is 17.7. The summed E-state index contributed by atoms with van der Waals surface area (Å²) in [4.78, 5) is 26.6. The summed E-state index contributed by atoms with van der Waals surface area (Å²) in [5, 5.41) is 9.07. The molecule has 2 saturated heterocycles. The summed E-state index contributed by atoms with van der Waals surface area (Å²) in [5.41, 5.74) is -4.36. The topological polar surface area (TPSA) is 60.9 Å². The molecule has 3 rings (SSSR count). The van der Waals surface area contributed by atoms with Gasteiger partial charge in [-0.15, -0.1) is 0 Å². The van der Waals surface area contributed by atoms with Gasteiger partial charge in [-0.3, -0.25) is 4.79 Å². The Morgan fingerprint density at radius 1 is 1.32 bits per heavy atom. The summed E-state index contributed by atoms with van der Waals surface area (Å²) in [6.07, 6.45) is -4.82. The molecule has 0 unspecified atom stereocenters. The van der Waals surface area contributed by atoms with E-state index < -0.39 is 40.8 Å². The van der Waals surface area contributed by atoms with Gasteiger partial charge in [0.25, 0.3) is 5.91 Å². The number of likely N-dealkylation sites (tertiary alicyclic amines) is 1. The number of alkyl halides is 4. The minimum Gasteiger partial charge on any atom is -0.478 e. The standard InChI is InChI=1S/C16H16F4N2O3/c1-21-5-4-15(17)9(7-21)8-22(14(15)25)10-2-3-12(16(18,19)20)11(6-10)13(23)24/h2-3,6,9H,4-5,7-8H2,1H3,(H,23,24)/t9-,15+/m0/s1. The average Bonchev–Trinajstić information content (AvgIpc) is 2.78. The van der Waals surface area contributed by atoms with E-state index in [1.54, 1.807) is 7.05 Å². The minimum absolute atomic E-state index is 0.00406. The van der Waals surface area contributed by atoms with Crippen molar-refractivity contribution in [2.75, 3.05) is 31.6 Å². The van der Waals surface area contributed by atoms with Crippen molar-refractivity contribution in [1.29, 1.82) is 0 Å². The normalized spacial score (nSPS) is 27.5. The Kier molecular flexibility index (Phi) is 4.02. The number of carboxylic acids is 1. The molecule has 0 spiro atoms. The molecule has 0 aromatic heterocycles. The molecule has 5 nitrogen and oxygen atoms in total. The second-order valence-corrected chi connectivity index (χ2v) is 6.52. The molecule has 1 N–H and O–H groups in total. The van der Waals surface area contributed by atoms with Crippen LogP contribution in [0.4, 0.5) is 23.2 Å². The highest BCUT2D eigenvalue weighted by Gasteiger charge is 2.57. The van der Waals surface area contributed by atoms with E-state index in [-0.39, 0.29) is 18.7 Å². The van der Waals surface area contributed by atoms with Gasteiger partial charge in [-0.25, -0.2) is 9.18 Å². The van der Waals surface area contributed by atoms with E-state index in [0.717, 1.165) is 17.0 Å². The van der Waals surface area contributed by atoms with Crippen molar-refractivity contribution in [2.45, 2.75) is 18.3 Å². The number of benzene rings is 1. The molecular formula is C16H16F4N2O3. The molecule has 1 amide bonds. The van der Waals surface area contributed by atoms with Crippen molar-refractivity contribution < 1.29 is 32.3 Å². The number of halogens is 4. The lowest BCUT2D eigenvalue weighted by Gasteiger charge is -2.34. The van der Waals surface area contributed by atoms with Gasteiger partial charge in [0.15, 0.2) is 5.67 Å². The third-order valence-corrected chi connectivity index (χ3v) is 4.89. The van der Waals surface area contributed by atoms with Gasteiger partial charge in [-0.05, 0) is 25.2 Å². The number of amides is 1. The number of rotatable bonds is 2. The molecule has 0 saturated carbocycles. The van der Waals surface area contributed by atoms with Crippen molar-refractivity contribution in [3.63, 3.8) is 0 Å². The highest BCUT2D eigenvalue weighted by atomic mass is 19.4. The molecule has 2 aliphatic heterocycles. The van der Waals surface area contributed by atoms with Gasteiger partial charge in [0, 0.05) is 37.7 Å². The second-order valence-electron chi connectivity index (χ2n) is 6.52. The summed E-state index contributed by atoms with van der Waals surface area (Å²) in [7, 11) is 1.80. The smallest absolute Gasteiger partial charge is 0.417 e. The zero-order chi connectivity index (χ0) is 18.6. The molecule has 1 aromatic carbocycles. The van der Waals surface area contributed by atoms with Crippen molar-refractivity contribution in [1.82, 2.24) is 4.90 Å². The van der Waals surface area contributed by atoms with E-state index in [1.807, 2.05) is 4.90 Å². The molecule has 2 heterocycles. The molecule has 2 atom stereocenters. The third-order valence-electron chi connectivity index (χ3n) is 4.89. The molecule has 0 aliphatic carbocycles. The molecule has 2 aliphatic rings. The third kappa shape index (κ3) is 2.86. The number of fused-ring (bicyclic) bond motifs is 1. The van der Waals surface area contributed by atoms with Crippen LogP contribution >= 0.6 is 0 Å². The fourth-order valence-corrected chi connectivity index (χ4v) is 3.53. The number of carbonyl (C=O) groups is 2. The van der Waals surface area contributed by atoms with Crippen LogP contribution in [0.1, 0.15) is 22.3 Å². The van der Waals surface area contributed by atoms with Crippen molar-refractivity contribution in [3.8, 4) is 0 Å². The lowest BCUT2D eigenvalue weighted by atomic mass is 9.85. The number of anilines is 1. The van der Waals surface area contributed by atoms with Gasteiger partial charge in [0.05, 0.1) is 11.1 Å². The molecule has 9 heteroatoms. The molecule has 25 heavy (non-hydrogen) atoms. The van der Waals surface area contributed by atoms with Gasteiger partial charge in [0.2, 0.25) is 0 Å². The van der Waals surface area contributed by atoms with Crippen LogP contribution < -0.4 is 4.90 Å². The Morgan fingerprint density at radius 3 is 2.60 bits per heavy atom. The summed E-state index contributed by atoms with van der Waals surface area (Å²) < 4.78 is 53.9. The van der Waals surface area contributed by atoms with Crippen LogP contribution in [0.3, 0.4) is 0 Å². The average molecular weight is 360 g/mol. The monoisotopic (exact) mass is 360 g/mol. The van der Waals surface area contributed by atoms with Crippen LogP contribution in [0.25, 0.3) is 0 Å². The predicted octanol–water partition coefficient (Wildman–Crippen LogP) is 2.41. The Morgan fingerprint density at radius 2 is 2.00 bits per heavy atom. The van der Waals surface area contributed by atoms with Crippen LogP contribution in [0, 0.1) is 5.92 Å². The Hall–Kier alpha value is -2.16. The maximum absolute atomic E-state index is 15.1. The predicted molar refractivity (Wildman–Crippen MR) is 80.2 cm³/mol. The second kappa shape index (κ2) is 5.69. The van der Waals surface area contributed by atoms with E-state index in [9.17, 15) is 22.8 Å². The quantitative estimate of drug-likeness (QED) is 0.823. The molecule has 1 aromatic rings. The Balaban J connectivity index is 1.99. The zero-order valence-corrected chi connectivity index (χ0v) is 13.3. The van der Waals surface area contributed by atoms with Gasteiger partial charge >= 0.3 is 12.1 Å². The van der Waals surface area contributed by atoms with Gasteiger partial charge in [0.1, 0.15) is 0 Å². The summed E-state index contributed by atoms with van der Waals surface area (Å²) in [6.45, 7) is 0.759. The van der Waals surface area contributed by atoms with Gasteiger partial charge < -0.3 is 14.9 Å². The zero-order valence-electron chi connectivity index (χ0n) is 13.3. The maximum atomic E-state index is 15.1. The summed E-state index contributed by atoms with van der Waals surface area (Å²) in [5.74, 6) is -3.18. The van der Waals surface area contributed by atoms with Crippen LogP contribution in [-0.2, 0) is 11.0 Å². The van der Waals surface area contributed by atoms with Crippen LogP contribution in [0.5, 0.6) is 0 Å². The lowest BCUT2D eigenvalue weighted by molar-refractivity contribution is -0.138. The van der Waals surface area contributed by atoms with Gasteiger partial charge in [-0.2, -0.15) is 13.2 Å². The molecule has 0 radical (unpaired) electrons. The molecule has 136 valence electrons. The van der Waals surface area contributed by atoms with Crippen molar-refractivity contribution >= 4 is 17.6 Å². The van der Waals surface area contributed by atoms with E-state index in [4.69, 9.17) is 5.11 Å². The largest absolute Gasteiger partial charge is 0.478 e. The Labute approximate surface area is 140 Å². The number of aromatic carboxylic acids is 1. The van der Waals surface area contributed by atoms with E-state index in [2.05, 4.69) is 0 Å². The first-order chi connectivity index (χ1) is 11.5. The van der Waals surface area contributed by atoms with Crippen LogP contribution in [-0.4, -0.2) is 54.2 Å². The highest BCUT2D eigenvalue weighted by molar-refractivity contribution is 6.03. The fraction of sp³-hybridized carbons (Fsp3) is 0.500. The first-order valence-corrected chi connectivity index (χ1v) is 7.68. The number of hydrogen-bond donors (Lipinski definition) is 1. The summed E-state index contributed by atoms with van der Waals surface area (Å²) >= 11 is 0. The van der Waals surface area contributed by atoms with Crippen LogP contribution in [0.2, 0.25) is 0 Å². The van der Waals surface area contributed by atoms with E-state index in [0.29, 0.717) is 19.2 Å². The number of carboxylic acid groups (broad SMARTS) is 1. The molecule has 0 bridgehead atoms. The van der Waals surface area contributed by atoms with E-state index in [1.165, 1.54) is 0 Å². The SMILES string of the molecule is CN1CC[C@]2(F)C(=O)N(c3ccc(C(F)(F)F)c(C(=O)O)c3)C[C@@H]2C1. The fourth-order valence-electron chi connectivity index (χ4n) is 3.53. The number of carbonyl (C=O) groups excluding carboxylic acids is 1. The lowest BCUT2D eigenvalue weighted by Crippen LogP contribution is -2.49. The highest BCUT2D eigenvalue weighted by Crippen LogP contribution is 2.42. The number of piperidine rings is 1. The van der Waals surface area contributed by atoms with Crippen molar-refractivity contribution in [2.24, 2.45) is 5.92 Å². The van der Waals surface area contributed by atoms with Gasteiger partial charge in [-0.1, -0.05) is 0 Å². The number of hydrogen-bond acceptors (Lipinski definition) is 3. The molecular weight excluding hydrogens is 344 g/mol. The summed E-state index contributed by atoms with van der Waals surface area (Å²) in [6, 6.07) is 2.41. The van der Waals surface area contributed by atoms with E-state index >= 15 is 4.39 Å². The number of nitrogens with zero attached hydrogens (tertiary/aromatic N) is 2. The van der Waals surface area contributed by atoms with Crippen LogP contribution in [0.15, 0.2) is 18.2 Å². The molecule has 2 fully saturated rings. The Bertz CT molecular complexity index is 737. The first-order valence-electron chi connectivity index (χ1n) is 7.68. The maximum Gasteiger partial charge on any atom is 0.417 e. The minimum atomic E-state index is -4.83. The van der Waals surface area contributed by atoms with Crippen molar-refractivity contribution in [3.05, 3.63) is 29.3 Å².